The highest BCUT2D eigenvalue weighted by Gasteiger charge is 2.35. The van der Waals surface area contributed by atoms with Crippen molar-refractivity contribution in [2.75, 3.05) is 56.4 Å². The fourth-order valence-electron chi connectivity index (χ4n) is 5.72. The minimum Gasteiger partial charge on any atom is -0.382 e. The molecule has 6 N–H and O–H groups in total. The Bertz CT molecular complexity index is 1380. The number of anilines is 2. The number of nitrogens with zero attached hydrogens (tertiary/aromatic N) is 6. The van der Waals surface area contributed by atoms with E-state index in [1.54, 1.807) is 0 Å². The fraction of sp³-hybridized carbons (Fsp3) is 0.556. The van der Waals surface area contributed by atoms with Crippen molar-refractivity contribution < 1.29 is 13.2 Å². The SMILES string of the molecule is CCC[C@H]1CN(c2nc(N)c(C(=O)NCCNS(N)(=O)=O)nc2Cl)CCN1C1CCN(Cc2ccc(C#N)cc2)CC1. The van der Waals surface area contributed by atoms with E-state index in [4.69, 9.17) is 27.7 Å². The molecule has 0 bridgehead atoms. The quantitative estimate of drug-likeness (QED) is 0.265. The molecule has 1 atom stereocenters. The second kappa shape index (κ2) is 14.4. The van der Waals surface area contributed by atoms with Gasteiger partial charge < -0.3 is 16.0 Å². The predicted octanol–water partition coefficient (Wildman–Crippen LogP) is 1.06. The van der Waals surface area contributed by atoms with Crippen LogP contribution in [0.2, 0.25) is 5.15 Å². The Morgan fingerprint density at radius 3 is 2.50 bits per heavy atom. The zero-order valence-corrected chi connectivity index (χ0v) is 25.4. The van der Waals surface area contributed by atoms with Gasteiger partial charge in [-0.2, -0.15) is 13.7 Å². The lowest BCUT2D eigenvalue weighted by molar-refractivity contribution is 0.0589. The fourth-order valence-corrected chi connectivity index (χ4v) is 6.36. The molecule has 2 saturated heterocycles. The van der Waals surface area contributed by atoms with E-state index in [0.717, 1.165) is 58.4 Å². The summed E-state index contributed by atoms with van der Waals surface area (Å²) in [5.41, 5.74) is 7.91. The molecule has 4 rings (SSSR count). The van der Waals surface area contributed by atoms with Crippen molar-refractivity contribution in [3.8, 4) is 6.07 Å². The Balaban J connectivity index is 1.34. The summed E-state index contributed by atoms with van der Waals surface area (Å²) in [5.74, 6) is -0.195. The van der Waals surface area contributed by atoms with Gasteiger partial charge in [0.05, 0.1) is 11.6 Å². The number of benzene rings is 1. The number of nitrogens with two attached hydrogens (primary N) is 2. The van der Waals surface area contributed by atoms with Crippen LogP contribution in [-0.4, -0.2) is 92.0 Å². The van der Waals surface area contributed by atoms with Gasteiger partial charge in [-0.1, -0.05) is 37.1 Å². The van der Waals surface area contributed by atoms with E-state index in [9.17, 15) is 13.2 Å². The second-order valence-electron chi connectivity index (χ2n) is 10.7. The summed E-state index contributed by atoms with van der Waals surface area (Å²) in [6, 6.07) is 10.8. The minimum absolute atomic E-state index is 0.00915. The number of hydrogen-bond acceptors (Lipinski definition) is 10. The maximum absolute atomic E-state index is 12.5. The number of hydrogen-bond donors (Lipinski definition) is 4. The van der Waals surface area contributed by atoms with E-state index in [-0.39, 0.29) is 29.8 Å². The number of likely N-dealkylation sites (tertiary alicyclic amines) is 1. The van der Waals surface area contributed by atoms with Crippen molar-refractivity contribution in [3.05, 3.63) is 46.2 Å². The molecule has 42 heavy (non-hydrogen) atoms. The zero-order valence-electron chi connectivity index (χ0n) is 23.8. The van der Waals surface area contributed by atoms with Crippen LogP contribution in [-0.2, 0) is 16.8 Å². The molecule has 15 heteroatoms. The van der Waals surface area contributed by atoms with Crippen molar-refractivity contribution in [3.63, 3.8) is 0 Å². The number of carbonyl (C=O) groups is 1. The van der Waals surface area contributed by atoms with Crippen molar-refractivity contribution in [2.24, 2.45) is 5.14 Å². The topological polar surface area (TPSA) is 187 Å². The largest absolute Gasteiger partial charge is 0.382 e. The van der Waals surface area contributed by atoms with E-state index in [1.807, 2.05) is 24.3 Å². The number of halogens is 1. The molecular weight excluding hydrogens is 580 g/mol. The molecule has 0 unspecified atom stereocenters. The second-order valence-corrected chi connectivity index (χ2v) is 12.4. The molecule has 0 spiro atoms. The van der Waals surface area contributed by atoms with Crippen LogP contribution in [0.15, 0.2) is 24.3 Å². The molecule has 1 aromatic carbocycles. The summed E-state index contributed by atoms with van der Waals surface area (Å²) in [4.78, 5) is 28.4. The molecule has 2 aliphatic heterocycles. The van der Waals surface area contributed by atoms with E-state index >= 15 is 0 Å². The number of rotatable bonds is 11. The summed E-state index contributed by atoms with van der Waals surface area (Å²) < 4.78 is 24.0. The highest BCUT2D eigenvalue weighted by Crippen LogP contribution is 2.30. The third-order valence-corrected chi connectivity index (χ3v) is 8.62. The average molecular weight is 619 g/mol. The molecule has 2 aliphatic rings. The van der Waals surface area contributed by atoms with Crippen LogP contribution < -0.4 is 25.8 Å². The monoisotopic (exact) mass is 618 g/mol. The lowest BCUT2D eigenvalue weighted by Gasteiger charge is -2.48. The van der Waals surface area contributed by atoms with Gasteiger partial charge in [-0.05, 0) is 50.0 Å². The summed E-state index contributed by atoms with van der Waals surface area (Å²) in [5, 5.41) is 16.5. The lowest BCUT2D eigenvalue weighted by Crippen LogP contribution is -2.58. The first-order valence-electron chi connectivity index (χ1n) is 14.2. The van der Waals surface area contributed by atoms with Crippen molar-refractivity contribution in [2.45, 2.75) is 51.2 Å². The van der Waals surface area contributed by atoms with E-state index < -0.39 is 16.1 Å². The number of piperidine rings is 1. The van der Waals surface area contributed by atoms with Crippen LogP contribution in [0.25, 0.3) is 0 Å². The minimum atomic E-state index is -3.85. The average Bonchev–Trinajstić information content (AvgIpc) is 2.97. The molecule has 2 fully saturated rings. The van der Waals surface area contributed by atoms with Crippen LogP contribution in [0.5, 0.6) is 0 Å². The van der Waals surface area contributed by atoms with Crippen molar-refractivity contribution in [1.29, 1.82) is 5.26 Å². The molecule has 13 nitrogen and oxygen atoms in total. The number of nitriles is 1. The number of nitrogens with one attached hydrogen (secondary N) is 2. The van der Waals surface area contributed by atoms with Crippen molar-refractivity contribution in [1.82, 2.24) is 29.8 Å². The van der Waals surface area contributed by atoms with Gasteiger partial charge in [0.2, 0.25) is 0 Å². The summed E-state index contributed by atoms with van der Waals surface area (Å²) in [7, 11) is -3.85. The highest BCUT2D eigenvalue weighted by atomic mass is 35.5. The van der Waals surface area contributed by atoms with E-state index in [1.165, 1.54) is 5.56 Å². The van der Waals surface area contributed by atoms with Gasteiger partial charge in [-0.3, -0.25) is 14.6 Å². The van der Waals surface area contributed by atoms with Crippen molar-refractivity contribution >= 4 is 39.4 Å². The molecular formula is C27H39ClN10O3S. The third kappa shape index (κ3) is 8.50. The van der Waals surface area contributed by atoms with Crippen LogP contribution in [0.4, 0.5) is 11.6 Å². The number of carbonyl (C=O) groups excluding carboxylic acids is 1. The molecule has 228 valence electrons. The van der Waals surface area contributed by atoms with Gasteiger partial charge in [0.1, 0.15) is 0 Å². The summed E-state index contributed by atoms with van der Waals surface area (Å²) in [6.07, 6.45) is 4.28. The maximum Gasteiger partial charge on any atom is 0.274 e. The van der Waals surface area contributed by atoms with Gasteiger partial charge in [0.15, 0.2) is 22.5 Å². The van der Waals surface area contributed by atoms with E-state index in [0.29, 0.717) is 30.0 Å². The summed E-state index contributed by atoms with van der Waals surface area (Å²) in [6.45, 7) is 7.36. The molecule has 0 saturated carbocycles. The first-order valence-corrected chi connectivity index (χ1v) is 16.1. The Morgan fingerprint density at radius 2 is 1.86 bits per heavy atom. The van der Waals surface area contributed by atoms with Gasteiger partial charge in [-0.15, -0.1) is 0 Å². The van der Waals surface area contributed by atoms with E-state index in [2.05, 4.69) is 47.7 Å². The molecule has 2 aromatic rings. The van der Waals surface area contributed by atoms with Gasteiger partial charge in [0, 0.05) is 51.4 Å². The van der Waals surface area contributed by atoms with Gasteiger partial charge >= 0.3 is 0 Å². The number of amides is 1. The van der Waals surface area contributed by atoms with Crippen LogP contribution >= 0.6 is 11.6 Å². The highest BCUT2D eigenvalue weighted by molar-refractivity contribution is 7.87. The first-order chi connectivity index (χ1) is 20.1. The number of piperazine rings is 1. The smallest absolute Gasteiger partial charge is 0.274 e. The van der Waals surface area contributed by atoms with Crippen LogP contribution in [0, 0.1) is 11.3 Å². The van der Waals surface area contributed by atoms with Gasteiger partial charge in [0.25, 0.3) is 16.1 Å². The Hall–Kier alpha value is -3.06. The molecule has 0 aliphatic carbocycles. The standard InChI is InChI=1S/C27H39ClN10O3S/c1-2-3-22-18-37(26-24(28)34-23(25(30)35-26)27(39)32-10-11-33-42(31,40)41)14-15-38(22)21-8-12-36(13-9-21)17-20-6-4-19(16-29)5-7-20/h4-7,21-22,33H,2-3,8-15,17-18H2,1H3,(H2,30,35)(H,32,39)(H2,31,40,41)/t22-/m0/s1. The zero-order chi connectivity index (χ0) is 30.3. The molecule has 1 aromatic heterocycles. The number of nitrogen functional groups attached to an aromatic ring is 1. The Kier molecular flexibility index (Phi) is 10.9. The third-order valence-electron chi connectivity index (χ3n) is 7.76. The Labute approximate surface area is 252 Å². The molecule has 0 radical (unpaired) electrons. The van der Waals surface area contributed by atoms with Crippen LogP contribution in [0.1, 0.15) is 54.2 Å². The predicted molar refractivity (Wildman–Crippen MR) is 162 cm³/mol. The lowest BCUT2D eigenvalue weighted by atomic mass is 9.97. The first kappa shape index (κ1) is 31.9. The number of aromatic nitrogens is 2. The maximum atomic E-state index is 12.5. The summed E-state index contributed by atoms with van der Waals surface area (Å²) >= 11 is 6.52. The van der Waals surface area contributed by atoms with Crippen LogP contribution in [0.3, 0.4) is 0 Å². The molecule has 3 heterocycles. The normalized spacial score (nSPS) is 19.0. The molecule has 1 amide bonds. The van der Waals surface area contributed by atoms with Gasteiger partial charge in [-0.25, -0.2) is 19.8 Å². The Morgan fingerprint density at radius 1 is 1.14 bits per heavy atom.